The Morgan fingerprint density at radius 3 is 2.47 bits per heavy atom. The van der Waals surface area contributed by atoms with Crippen molar-refractivity contribution in [2.75, 3.05) is 26.7 Å². The lowest BCUT2D eigenvalue weighted by Crippen LogP contribution is -2.50. The maximum absolute atomic E-state index is 13.6. The van der Waals surface area contributed by atoms with Crippen LogP contribution in [0.1, 0.15) is 29.8 Å². The molecule has 0 spiro atoms. The Labute approximate surface area is 212 Å². The maximum Gasteiger partial charge on any atom is 0.259 e. The third-order valence-corrected chi connectivity index (χ3v) is 6.71. The summed E-state index contributed by atoms with van der Waals surface area (Å²) in [6, 6.07) is 20.8. The number of amides is 2. The van der Waals surface area contributed by atoms with Crippen molar-refractivity contribution in [3.8, 4) is 17.0 Å². The van der Waals surface area contributed by atoms with Gasteiger partial charge >= 0.3 is 0 Å². The topological polar surface area (TPSA) is 83.0 Å². The molecule has 1 aliphatic rings. The monoisotopic (exact) mass is 487 g/mol. The molecule has 1 aliphatic heterocycles. The number of aliphatic hydroxyl groups excluding tert-OH is 1. The van der Waals surface area contributed by atoms with Crippen LogP contribution in [-0.2, 0) is 11.2 Å². The molecule has 2 aromatic carbocycles. The van der Waals surface area contributed by atoms with E-state index < -0.39 is 0 Å². The summed E-state index contributed by atoms with van der Waals surface area (Å²) in [4.78, 5) is 34.4. The minimum atomic E-state index is -0.384. The first-order valence-corrected chi connectivity index (χ1v) is 12.3. The van der Waals surface area contributed by atoms with Crippen molar-refractivity contribution < 1.29 is 19.4 Å². The molecule has 0 aliphatic carbocycles. The van der Waals surface area contributed by atoms with Crippen molar-refractivity contribution in [3.63, 3.8) is 0 Å². The van der Waals surface area contributed by atoms with Crippen molar-refractivity contribution in [2.24, 2.45) is 5.92 Å². The van der Waals surface area contributed by atoms with E-state index in [1.54, 1.807) is 29.1 Å². The van der Waals surface area contributed by atoms with Crippen LogP contribution < -0.4 is 4.74 Å². The second-order valence-electron chi connectivity index (χ2n) is 9.50. The molecule has 3 atom stereocenters. The van der Waals surface area contributed by atoms with Crippen LogP contribution in [0, 0.1) is 5.92 Å². The van der Waals surface area contributed by atoms with E-state index in [9.17, 15) is 14.7 Å². The van der Waals surface area contributed by atoms with Crippen LogP contribution in [0.2, 0.25) is 0 Å². The minimum Gasteiger partial charge on any atom is -0.472 e. The molecule has 7 heteroatoms. The molecule has 1 N–H and O–H groups in total. The van der Waals surface area contributed by atoms with Gasteiger partial charge in [-0.15, -0.1) is 0 Å². The molecule has 36 heavy (non-hydrogen) atoms. The molecule has 0 radical (unpaired) electrons. The predicted molar refractivity (Wildman–Crippen MR) is 139 cm³/mol. The molecule has 0 saturated heterocycles. The predicted octanol–water partition coefficient (Wildman–Crippen LogP) is 3.67. The number of hydrogen-bond donors (Lipinski definition) is 1. The van der Waals surface area contributed by atoms with E-state index in [0.29, 0.717) is 25.1 Å². The first kappa shape index (κ1) is 25.4. The average molecular weight is 488 g/mol. The number of carbonyl (C=O) groups is 2. The first-order chi connectivity index (χ1) is 17.4. The zero-order valence-corrected chi connectivity index (χ0v) is 21.0. The molecule has 4 rings (SSSR count). The Morgan fingerprint density at radius 2 is 1.81 bits per heavy atom. The van der Waals surface area contributed by atoms with Gasteiger partial charge in [-0.25, -0.2) is 4.98 Å². The molecule has 0 bridgehead atoms. The number of aromatic nitrogens is 1. The summed E-state index contributed by atoms with van der Waals surface area (Å²) in [5.41, 5.74) is 3.06. The number of hydrogen-bond acceptors (Lipinski definition) is 5. The quantitative estimate of drug-likeness (QED) is 0.550. The summed E-state index contributed by atoms with van der Waals surface area (Å²) in [6.07, 6.45) is 1.62. The molecule has 1 aromatic heterocycles. The SMILES string of the molecule is C[C@@H]1CN([C@H](C)CO)C(=O)c2cc(-c3ccccc3)cnc2O[C@H]1CN(C)C(=O)Cc1ccccc1. The molecule has 0 unspecified atom stereocenters. The lowest BCUT2D eigenvalue weighted by atomic mass is 9.99. The van der Waals surface area contributed by atoms with Gasteiger partial charge in [0, 0.05) is 31.3 Å². The molecule has 2 heterocycles. The number of rotatable bonds is 7. The van der Waals surface area contributed by atoms with Crippen LogP contribution in [0.25, 0.3) is 11.1 Å². The van der Waals surface area contributed by atoms with Crippen LogP contribution in [0.15, 0.2) is 72.9 Å². The van der Waals surface area contributed by atoms with Gasteiger partial charge in [0.15, 0.2) is 0 Å². The Balaban J connectivity index is 1.62. The van der Waals surface area contributed by atoms with Crippen LogP contribution >= 0.6 is 0 Å². The molecule has 2 amide bonds. The number of likely N-dealkylation sites (N-methyl/N-ethyl adjacent to an activating group) is 1. The van der Waals surface area contributed by atoms with Crippen LogP contribution in [0.3, 0.4) is 0 Å². The molecule has 0 saturated carbocycles. The fraction of sp³-hybridized carbons (Fsp3) is 0.345. The van der Waals surface area contributed by atoms with Gasteiger partial charge in [0.25, 0.3) is 5.91 Å². The Hall–Kier alpha value is -3.71. The summed E-state index contributed by atoms with van der Waals surface area (Å²) < 4.78 is 6.33. The summed E-state index contributed by atoms with van der Waals surface area (Å²) in [7, 11) is 1.77. The van der Waals surface area contributed by atoms with Crippen LogP contribution in [0.5, 0.6) is 5.88 Å². The minimum absolute atomic E-state index is 0.0108. The van der Waals surface area contributed by atoms with E-state index in [2.05, 4.69) is 4.98 Å². The first-order valence-electron chi connectivity index (χ1n) is 12.3. The maximum atomic E-state index is 13.6. The second-order valence-corrected chi connectivity index (χ2v) is 9.50. The highest BCUT2D eigenvalue weighted by Crippen LogP contribution is 2.30. The number of ether oxygens (including phenoxy) is 1. The molecule has 3 aromatic rings. The number of benzene rings is 2. The smallest absolute Gasteiger partial charge is 0.259 e. The summed E-state index contributed by atoms with van der Waals surface area (Å²) in [5, 5.41) is 9.86. The van der Waals surface area contributed by atoms with E-state index in [1.165, 1.54) is 0 Å². The third-order valence-electron chi connectivity index (χ3n) is 6.71. The van der Waals surface area contributed by atoms with Crippen molar-refractivity contribution in [1.29, 1.82) is 0 Å². The van der Waals surface area contributed by atoms with Crippen molar-refractivity contribution in [3.05, 3.63) is 84.1 Å². The second kappa shape index (κ2) is 11.4. The van der Waals surface area contributed by atoms with Gasteiger partial charge < -0.3 is 19.6 Å². The van der Waals surface area contributed by atoms with Gasteiger partial charge in [0.2, 0.25) is 11.8 Å². The van der Waals surface area contributed by atoms with E-state index in [1.807, 2.05) is 74.5 Å². The van der Waals surface area contributed by atoms with Crippen LogP contribution in [-0.4, -0.2) is 70.6 Å². The normalized spacial score (nSPS) is 18.4. The highest BCUT2D eigenvalue weighted by atomic mass is 16.5. The summed E-state index contributed by atoms with van der Waals surface area (Å²) in [5.74, 6) is -0.0899. The third kappa shape index (κ3) is 5.74. The van der Waals surface area contributed by atoms with Gasteiger partial charge in [0.1, 0.15) is 11.7 Å². The number of nitrogens with zero attached hydrogens (tertiary/aromatic N) is 3. The summed E-state index contributed by atoms with van der Waals surface area (Å²) in [6.45, 7) is 4.41. The van der Waals surface area contributed by atoms with Gasteiger partial charge in [-0.1, -0.05) is 67.6 Å². The molecule has 0 fully saturated rings. The molecule has 188 valence electrons. The van der Waals surface area contributed by atoms with E-state index in [4.69, 9.17) is 4.74 Å². The number of fused-ring (bicyclic) bond motifs is 1. The Kier molecular flexibility index (Phi) is 8.00. The van der Waals surface area contributed by atoms with E-state index in [-0.39, 0.29) is 42.4 Å². The fourth-order valence-electron chi connectivity index (χ4n) is 4.39. The van der Waals surface area contributed by atoms with Gasteiger partial charge in [-0.05, 0) is 24.1 Å². The van der Waals surface area contributed by atoms with Gasteiger partial charge in [-0.2, -0.15) is 0 Å². The van der Waals surface area contributed by atoms with Gasteiger partial charge in [0.05, 0.1) is 25.6 Å². The lowest BCUT2D eigenvalue weighted by Gasteiger charge is -2.37. The number of aliphatic hydroxyl groups is 1. The average Bonchev–Trinajstić information content (AvgIpc) is 2.91. The Bertz CT molecular complexity index is 1190. The van der Waals surface area contributed by atoms with E-state index in [0.717, 1.165) is 16.7 Å². The van der Waals surface area contributed by atoms with Crippen molar-refractivity contribution >= 4 is 11.8 Å². The van der Waals surface area contributed by atoms with Crippen molar-refractivity contribution in [1.82, 2.24) is 14.8 Å². The Morgan fingerprint density at radius 1 is 1.14 bits per heavy atom. The van der Waals surface area contributed by atoms with Crippen LogP contribution in [0.4, 0.5) is 0 Å². The lowest BCUT2D eigenvalue weighted by molar-refractivity contribution is -0.130. The molecular weight excluding hydrogens is 454 g/mol. The van der Waals surface area contributed by atoms with Crippen molar-refractivity contribution in [2.45, 2.75) is 32.4 Å². The van der Waals surface area contributed by atoms with E-state index >= 15 is 0 Å². The largest absolute Gasteiger partial charge is 0.472 e. The molecule has 7 nitrogen and oxygen atoms in total. The molecular formula is C29H33N3O4. The number of carbonyl (C=O) groups excluding carboxylic acids is 2. The zero-order chi connectivity index (χ0) is 25.7. The van der Waals surface area contributed by atoms with Gasteiger partial charge in [-0.3, -0.25) is 9.59 Å². The number of pyridine rings is 1. The highest BCUT2D eigenvalue weighted by Gasteiger charge is 2.34. The summed E-state index contributed by atoms with van der Waals surface area (Å²) >= 11 is 0. The standard InChI is InChI=1S/C29H33N3O4/c1-20-17-32(21(2)19-33)29(35)25-15-24(23-12-8-5-9-13-23)16-30-28(25)36-26(20)18-31(3)27(34)14-22-10-6-4-7-11-22/h4-13,15-16,20-21,26,33H,14,17-19H2,1-3H3/t20-,21-,26+/m1/s1. The fourth-order valence-corrected chi connectivity index (χ4v) is 4.39. The highest BCUT2D eigenvalue weighted by molar-refractivity contribution is 5.98. The zero-order valence-electron chi connectivity index (χ0n) is 21.0.